The lowest BCUT2D eigenvalue weighted by atomic mass is 10.1. The number of carbonyl (C=O) groups excluding carboxylic acids is 1. The molecule has 0 N–H and O–H groups in total. The van der Waals surface area contributed by atoms with Crippen molar-refractivity contribution in [3.8, 4) is 0 Å². The van der Waals surface area contributed by atoms with Crippen LogP contribution in [0.3, 0.4) is 0 Å². The maximum absolute atomic E-state index is 13.2. The normalized spacial score (nSPS) is 23.5. The van der Waals surface area contributed by atoms with Crippen LogP contribution < -0.4 is 9.80 Å². The van der Waals surface area contributed by atoms with Gasteiger partial charge in [-0.25, -0.2) is 13.2 Å². The molecule has 0 saturated carbocycles. The van der Waals surface area contributed by atoms with Gasteiger partial charge in [-0.1, -0.05) is 12.1 Å². The van der Waals surface area contributed by atoms with Crippen LogP contribution >= 0.6 is 0 Å². The molecular weight excluding hydrogens is 370 g/mol. The molecule has 2 amide bonds. The van der Waals surface area contributed by atoms with Crippen LogP contribution in [-0.2, 0) is 9.84 Å². The van der Waals surface area contributed by atoms with Crippen LogP contribution in [0.4, 0.5) is 21.9 Å². The minimum atomic E-state index is -3.29. The van der Waals surface area contributed by atoms with Gasteiger partial charge in [0.1, 0.15) is 0 Å². The van der Waals surface area contributed by atoms with Crippen LogP contribution in [-0.4, -0.2) is 43.0 Å². The zero-order chi connectivity index (χ0) is 19.3. The van der Waals surface area contributed by atoms with Crippen LogP contribution in [0.2, 0.25) is 0 Å². The fraction of sp³-hybridized carbons (Fsp3) is 0.278. The van der Waals surface area contributed by atoms with Gasteiger partial charge in [-0.05, 0) is 36.8 Å². The number of nitro groups is 1. The second-order valence-corrected chi connectivity index (χ2v) is 9.00. The molecule has 0 bridgehead atoms. The van der Waals surface area contributed by atoms with Gasteiger partial charge in [0.2, 0.25) is 0 Å². The summed E-state index contributed by atoms with van der Waals surface area (Å²) in [6.07, 6.45) is 0. The van der Waals surface area contributed by atoms with Crippen LogP contribution in [0.15, 0.2) is 48.5 Å². The predicted octanol–water partition coefficient (Wildman–Crippen LogP) is 2.52. The minimum absolute atomic E-state index is 0.0865. The summed E-state index contributed by atoms with van der Waals surface area (Å²) in [5.41, 5.74) is 1.98. The molecular formula is C18H17N3O5S. The predicted molar refractivity (Wildman–Crippen MR) is 101 cm³/mol. The number of amides is 2. The maximum Gasteiger partial charge on any atom is 0.329 e. The van der Waals surface area contributed by atoms with Crippen molar-refractivity contribution in [2.75, 3.05) is 21.3 Å². The lowest BCUT2D eigenvalue weighted by Crippen LogP contribution is -2.37. The summed E-state index contributed by atoms with van der Waals surface area (Å²) in [4.78, 5) is 26.5. The van der Waals surface area contributed by atoms with Crippen molar-refractivity contribution in [1.29, 1.82) is 0 Å². The Labute approximate surface area is 156 Å². The van der Waals surface area contributed by atoms with Crippen molar-refractivity contribution >= 4 is 32.9 Å². The van der Waals surface area contributed by atoms with Gasteiger partial charge < -0.3 is 0 Å². The molecule has 0 unspecified atom stereocenters. The van der Waals surface area contributed by atoms with Crippen molar-refractivity contribution in [1.82, 2.24) is 0 Å². The van der Waals surface area contributed by atoms with Gasteiger partial charge in [-0.15, -0.1) is 0 Å². The molecule has 9 heteroatoms. The van der Waals surface area contributed by atoms with Crippen LogP contribution in [0.25, 0.3) is 0 Å². The van der Waals surface area contributed by atoms with Crippen LogP contribution in [0.5, 0.6) is 0 Å². The Morgan fingerprint density at radius 2 is 1.59 bits per heavy atom. The topological polar surface area (TPSA) is 101 Å². The second kappa shape index (κ2) is 6.05. The number of non-ortho nitro benzene ring substituents is 1. The lowest BCUT2D eigenvalue weighted by molar-refractivity contribution is -0.384. The van der Waals surface area contributed by atoms with Gasteiger partial charge in [-0.3, -0.25) is 19.9 Å². The molecule has 2 atom stereocenters. The summed E-state index contributed by atoms with van der Waals surface area (Å²) >= 11 is 0. The highest BCUT2D eigenvalue weighted by Crippen LogP contribution is 2.38. The number of anilines is 2. The first kappa shape index (κ1) is 17.5. The first-order valence-corrected chi connectivity index (χ1v) is 10.2. The number of aryl methyl sites for hydroxylation is 1. The number of hydrogen-bond donors (Lipinski definition) is 0. The van der Waals surface area contributed by atoms with Gasteiger partial charge in [0.25, 0.3) is 5.69 Å². The summed E-state index contributed by atoms with van der Waals surface area (Å²) < 4.78 is 24.5. The molecule has 2 aromatic carbocycles. The third-order valence-corrected chi connectivity index (χ3v) is 6.69. The van der Waals surface area contributed by atoms with Gasteiger partial charge >= 0.3 is 6.03 Å². The molecule has 0 aromatic heterocycles. The molecule has 0 radical (unpaired) electrons. The summed E-state index contributed by atoms with van der Waals surface area (Å²) in [6, 6.07) is 11.6. The molecule has 2 aliphatic heterocycles. The summed E-state index contributed by atoms with van der Waals surface area (Å²) in [7, 11) is -3.29. The lowest BCUT2D eigenvalue weighted by Gasteiger charge is -2.23. The summed E-state index contributed by atoms with van der Waals surface area (Å²) in [5, 5.41) is 10.9. The Morgan fingerprint density at radius 1 is 1.00 bits per heavy atom. The first-order valence-electron chi connectivity index (χ1n) is 8.41. The molecule has 2 aromatic rings. The largest absolute Gasteiger partial charge is 0.329 e. The molecule has 0 aliphatic carbocycles. The Kier molecular flexibility index (Phi) is 3.92. The van der Waals surface area contributed by atoms with E-state index >= 15 is 0 Å². The quantitative estimate of drug-likeness (QED) is 0.458. The molecule has 8 nitrogen and oxygen atoms in total. The number of nitrogens with zero attached hydrogens (tertiary/aromatic N) is 3. The van der Waals surface area contributed by atoms with E-state index in [-0.39, 0.29) is 23.2 Å². The number of carbonyl (C=O) groups is 1. The van der Waals surface area contributed by atoms with Gasteiger partial charge in [0, 0.05) is 23.5 Å². The number of nitro benzene ring substituents is 1. The van der Waals surface area contributed by atoms with E-state index in [1.807, 2.05) is 25.1 Å². The van der Waals surface area contributed by atoms with Crippen LogP contribution in [0, 0.1) is 17.0 Å². The van der Waals surface area contributed by atoms with E-state index in [1.54, 1.807) is 6.07 Å². The third kappa shape index (κ3) is 2.93. The fourth-order valence-electron chi connectivity index (χ4n) is 3.82. The monoisotopic (exact) mass is 387 g/mol. The van der Waals surface area contributed by atoms with E-state index in [2.05, 4.69) is 0 Å². The fourth-order valence-corrected chi connectivity index (χ4v) is 5.74. The van der Waals surface area contributed by atoms with E-state index in [4.69, 9.17) is 0 Å². The molecule has 0 spiro atoms. The highest BCUT2D eigenvalue weighted by molar-refractivity contribution is 7.91. The van der Waals surface area contributed by atoms with Gasteiger partial charge in [-0.2, -0.15) is 0 Å². The molecule has 140 valence electrons. The van der Waals surface area contributed by atoms with E-state index < -0.39 is 26.8 Å². The molecule has 2 saturated heterocycles. The van der Waals surface area contributed by atoms with E-state index in [0.29, 0.717) is 11.4 Å². The highest BCUT2D eigenvalue weighted by atomic mass is 32.2. The maximum atomic E-state index is 13.2. The van der Waals surface area contributed by atoms with Crippen molar-refractivity contribution in [3.05, 3.63) is 64.2 Å². The summed E-state index contributed by atoms with van der Waals surface area (Å²) in [6.45, 7) is 1.90. The summed E-state index contributed by atoms with van der Waals surface area (Å²) in [5.74, 6) is -0.219. The average molecular weight is 387 g/mol. The zero-order valence-corrected chi connectivity index (χ0v) is 15.3. The number of sulfone groups is 1. The van der Waals surface area contributed by atoms with Gasteiger partial charge in [0.05, 0.1) is 28.5 Å². The molecule has 2 aliphatic rings. The number of urea groups is 1. The second-order valence-electron chi connectivity index (χ2n) is 6.85. The zero-order valence-electron chi connectivity index (χ0n) is 14.5. The average Bonchev–Trinajstić information content (AvgIpc) is 3.03. The third-order valence-electron chi connectivity index (χ3n) is 4.99. The molecule has 2 heterocycles. The molecule has 27 heavy (non-hydrogen) atoms. The van der Waals surface area contributed by atoms with E-state index in [1.165, 1.54) is 34.1 Å². The number of rotatable bonds is 3. The van der Waals surface area contributed by atoms with Gasteiger partial charge in [0.15, 0.2) is 9.84 Å². The smallest absolute Gasteiger partial charge is 0.288 e. The Morgan fingerprint density at radius 3 is 2.15 bits per heavy atom. The highest BCUT2D eigenvalue weighted by Gasteiger charge is 2.54. The number of hydrogen-bond acceptors (Lipinski definition) is 5. The van der Waals surface area contributed by atoms with Crippen molar-refractivity contribution in [2.24, 2.45) is 0 Å². The van der Waals surface area contributed by atoms with E-state index in [9.17, 15) is 23.3 Å². The Balaban J connectivity index is 1.78. The number of fused-ring (bicyclic) bond motifs is 1. The minimum Gasteiger partial charge on any atom is -0.288 e. The molecule has 4 rings (SSSR count). The SMILES string of the molecule is Cc1cccc(N2C(=O)N(c3ccc([N+](=O)[O-])cc3)[C@@H]3CS(=O)(=O)C[C@@H]32)c1. The first-order chi connectivity index (χ1) is 12.8. The Bertz CT molecular complexity index is 1040. The van der Waals surface area contributed by atoms with Crippen molar-refractivity contribution in [3.63, 3.8) is 0 Å². The van der Waals surface area contributed by atoms with E-state index in [0.717, 1.165) is 5.56 Å². The standard InChI is InChI=1S/C18H17N3O5S/c1-12-3-2-4-15(9-12)20-17-11-27(25,26)10-16(17)19(18(20)22)13-5-7-14(8-6-13)21(23)24/h2-9,16-17H,10-11H2,1H3/t16-,17+/m1/s1. The van der Waals surface area contributed by atoms with Crippen molar-refractivity contribution < 1.29 is 18.1 Å². The van der Waals surface area contributed by atoms with Crippen LogP contribution in [0.1, 0.15) is 5.56 Å². The number of benzene rings is 2. The molecule has 2 fully saturated rings. The van der Waals surface area contributed by atoms with Crippen molar-refractivity contribution in [2.45, 2.75) is 19.0 Å². The Hall–Kier alpha value is -2.94.